The first-order chi connectivity index (χ1) is 11.9. The van der Waals surface area contributed by atoms with Crippen molar-refractivity contribution in [1.82, 2.24) is 24.7 Å². The molecule has 2 aromatic heterocycles. The number of anilines is 3. The van der Waals surface area contributed by atoms with Crippen LogP contribution in [0.3, 0.4) is 0 Å². The zero-order valence-corrected chi connectivity index (χ0v) is 13.3. The number of hydrogen-bond donors (Lipinski definition) is 2. The summed E-state index contributed by atoms with van der Waals surface area (Å²) in [6.07, 6.45) is -0.774. The minimum Gasteiger partial charge on any atom is -0.372 e. The summed E-state index contributed by atoms with van der Waals surface area (Å²) in [5.74, 6) is -0.226. The molecule has 0 unspecified atom stereocenters. The third kappa shape index (κ3) is 3.52. The first-order valence-electron chi connectivity index (χ1n) is 7.23. The SMILES string of the molecule is CNc1nc(Nc2ccc(-n3cncn3)cc2C)ncc1C(F)(F)F. The molecule has 0 aliphatic carbocycles. The third-order valence-electron chi connectivity index (χ3n) is 3.47. The fourth-order valence-electron chi connectivity index (χ4n) is 2.23. The van der Waals surface area contributed by atoms with Crippen molar-refractivity contribution in [2.75, 3.05) is 17.7 Å². The van der Waals surface area contributed by atoms with Crippen LogP contribution in [0.1, 0.15) is 11.1 Å². The number of alkyl halides is 3. The van der Waals surface area contributed by atoms with Gasteiger partial charge in [-0.1, -0.05) is 0 Å². The largest absolute Gasteiger partial charge is 0.421 e. The molecule has 2 heterocycles. The Morgan fingerprint density at radius 2 is 2.00 bits per heavy atom. The van der Waals surface area contributed by atoms with E-state index in [2.05, 4.69) is 30.7 Å². The molecule has 0 aliphatic rings. The van der Waals surface area contributed by atoms with E-state index in [-0.39, 0.29) is 11.8 Å². The molecule has 0 bridgehead atoms. The molecule has 1 aromatic carbocycles. The minimum atomic E-state index is -4.52. The van der Waals surface area contributed by atoms with Crippen LogP contribution < -0.4 is 10.6 Å². The molecule has 0 fully saturated rings. The summed E-state index contributed by atoms with van der Waals surface area (Å²) >= 11 is 0. The number of hydrogen-bond acceptors (Lipinski definition) is 6. The second-order valence-corrected chi connectivity index (χ2v) is 5.17. The summed E-state index contributed by atoms with van der Waals surface area (Å²) in [5, 5.41) is 9.41. The highest BCUT2D eigenvalue weighted by Crippen LogP contribution is 2.34. The summed E-state index contributed by atoms with van der Waals surface area (Å²) < 4.78 is 40.3. The molecule has 0 radical (unpaired) electrons. The summed E-state index contributed by atoms with van der Waals surface area (Å²) in [6.45, 7) is 1.85. The Hall–Kier alpha value is -3.17. The topological polar surface area (TPSA) is 80.5 Å². The minimum absolute atomic E-state index is 0.0638. The Morgan fingerprint density at radius 1 is 1.20 bits per heavy atom. The summed E-state index contributed by atoms with van der Waals surface area (Å²) in [4.78, 5) is 11.5. The average molecular weight is 349 g/mol. The summed E-state index contributed by atoms with van der Waals surface area (Å²) in [5.41, 5.74) is 1.41. The van der Waals surface area contributed by atoms with Crippen molar-refractivity contribution < 1.29 is 13.2 Å². The summed E-state index contributed by atoms with van der Waals surface area (Å²) in [7, 11) is 1.37. The van der Waals surface area contributed by atoms with E-state index in [0.29, 0.717) is 5.69 Å². The van der Waals surface area contributed by atoms with Crippen molar-refractivity contribution in [1.29, 1.82) is 0 Å². The van der Waals surface area contributed by atoms with Gasteiger partial charge in [0.1, 0.15) is 24.0 Å². The fraction of sp³-hybridized carbons (Fsp3) is 0.200. The maximum atomic E-state index is 12.9. The zero-order valence-electron chi connectivity index (χ0n) is 13.3. The summed E-state index contributed by atoms with van der Waals surface area (Å²) in [6, 6.07) is 5.43. The maximum absolute atomic E-state index is 12.9. The number of halogens is 3. The Bertz CT molecular complexity index is 875. The van der Waals surface area contributed by atoms with Gasteiger partial charge < -0.3 is 10.6 Å². The van der Waals surface area contributed by atoms with Crippen LogP contribution in [-0.4, -0.2) is 31.8 Å². The lowest BCUT2D eigenvalue weighted by molar-refractivity contribution is -0.137. The van der Waals surface area contributed by atoms with Crippen LogP contribution >= 0.6 is 0 Å². The van der Waals surface area contributed by atoms with Gasteiger partial charge in [0, 0.05) is 18.9 Å². The predicted octanol–water partition coefficient (Wildman–Crippen LogP) is 3.17. The van der Waals surface area contributed by atoms with Gasteiger partial charge in [0.15, 0.2) is 0 Å². The van der Waals surface area contributed by atoms with Crippen LogP contribution in [0.25, 0.3) is 5.69 Å². The molecule has 3 rings (SSSR count). The van der Waals surface area contributed by atoms with Gasteiger partial charge in [-0.3, -0.25) is 0 Å². The number of rotatable bonds is 4. The monoisotopic (exact) mass is 349 g/mol. The molecule has 130 valence electrons. The Kier molecular flexibility index (Phi) is 4.26. The van der Waals surface area contributed by atoms with E-state index < -0.39 is 11.7 Å². The molecule has 0 atom stereocenters. The molecule has 0 saturated carbocycles. The van der Waals surface area contributed by atoms with E-state index in [0.717, 1.165) is 17.4 Å². The van der Waals surface area contributed by atoms with Gasteiger partial charge in [-0.15, -0.1) is 0 Å². The van der Waals surface area contributed by atoms with Crippen molar-refractivity contribution in [2.45, 2.75) is 13.1 Å². The van der Waals surface area contributed by atoms with Crippen LogP contribution in [0.2, 0.25) is 0 Å². The standard InChI is InChI=1S/C15H14F3N7/c1-9-5-10(25-8-20-7-22-25)3-4-12(9)23-14-21-6-11(15(16,17)18)13(19-2)24-14/h3-8H,1-2H3,(H2,19,21,23,24). The normalized spacial score (nSPS) is 11.4. The van der Waals surface area contributed by atoms with Gasteiger partial charge in [0.05, 0.1) is 5.69 Å². The molecule has 2 N–H and O–H groups in total. The van der Waals surface area contributed by atoms with Crippen LogP contribution in [0.15, 0.2) is 37.1 Å². The van der Waals surface area contributed by atoms with Crippen molar-refractivity contribution >= 4 is 17.5 Å². The lowest BCUT2D eigenvalue weighted by Gasteiger charge is -2.14. The van der Waals surface area contributed by atoms with Crippen molar-refractivity contribution in [3.8, 4) is 5.69 Å². The fourth-order valence-corrected chi connectivity index (χ4v) is 2.23. The molecule has 3 aromatic rings. The van der Waals surface area contributed by atoms with Crippen molar-refractivity contribution in [3.05, 3.63) is 48.2 Å². The molecular weight excluding hydrogens is 335 g/mol. The highest BCUT2D eigenvalue weighted by molar-refractivity contribution is 5.62. The Morgan fingerprint density at radius 3 is 2.60 bits per heavy atom. The second kappa shape index (κ2) is 6.38. The predicted molar refractivity (Wildman–Crippen MR) is 86.0 cm³/mol. The smallest absolute Gasteiger partial charge is 0.372 e. The van der Waals surface area contributed by atoms with Crippen molar-refractivity contribution in [2.24, 2.45) is 0 Å². The number of aromatic nitrogens is 5. The highest BCUT2D eigenvalue weighted by atomic mass is 19.4. The van der Waals surface area contributed by atoms with E-state index in [1.165, 1.54) is 13.4 Å². The number of nitrogens with zero attached hydrogens (tertiary/aromatic N) is 5. The lowest BCUT2D eigenvalue weighted by Crippen LogP contribution is -2.12. The van der Waals surface area contributed by atoms with Crippen LogP contribution in [0, 0.1) is 6.92 Å². The van der Waals surface area contributed by atoms with Gasteiger partial charge in [-0.2, -0.15) is 23.3 Å². The second-order valence-electron chi connectivity index (χ2n) is 5.17. The quantitative estimate of drug-likeness (QED) is 0.753. The third-order valence-corrected chi connectivity index (χ3v) is 3.47. The average Bonchev–Trinajstić information content (AvgIpc) is 3.10. The number of aryl methyl sites for hydroxylation is 1. The first kappa shape index (κ1) is 16.7. The van der Waals surface area contributed by atoms with Crippen LogP contribution in [0.5, 0.6) is 0 Å². The first-order valence-corrected chi connectivity index (χ1v) is 7.23. The van der Waals surface area contributed by atoms with E-state index >= 15 is 0 Å². The molecule has 10 heteroatoms. The van der Waals surface area contributed by atoms with Crippen molar-refractivity contribution in [3.63, 3.8) is 0 Å². The Labute approximate surface area is 141 Å². The van der Waals surface area contributed by atoms with Gasteiger partial charge in [0.25, 0.3) is 0 Å². The zero-order chi connectivity index (χ0) is 18.0. The van der Waals surface area contributed by atoms with Crippen LogP contribution in [-0.2, 0) is 6.18 Å². The highest BCUT2D eigenvalue weighted by Gasteiger charge is 2.35. The molecule has 0 saturated heterocycles. The Balaban J connectivity index is 1.87. The van der Waals surface area contributed by atoms with Gasteiger partial charge in [-0.25, -0.2) is 14.6 Å². The number of nitrogens with one attached hydrogen (secondary N) is 2. The molecule has 25 heavy (non-hydrogen) atoms. The van der Waals surface area contributed by atoms with Gasteiger partial charge >= 0.3 is 6.18 Å². The van der Waals surface area contributed by atoms with E-state index in [4.69, 9.17) is 0 Å². The lowest BCUT2D eigenvalue weighted by atomic mass is 10.2. The van der Waals surface area contributed by atoms with E-state index in [9.17, 15) is 13.2 Å². The molecule has 7 nitrogen and oxygen atoms in total. The molecule has 0 spiro atoms. The van der Waals surface area contributed by atoms with Gasteiger partial charge in [-0.05, 0) is 30.7 Å². The number of benzene rings is 1. The molecular formula is C15H14F3N7. The maximum Gasteiger partial charge on any atom is 0.421 e. The van der Waals surface area contributed by atoms with E-state index in [1.807, 2.05) is 13.0 Å². The molecule has 0 aliphatic heterocycles. The van der Waals surface area contributed by atoms with Gasteiger partial charge in [0.2, 0.25) is 5.95 Å². The van der Waals surface area contributed by atoms with E-state index in [1.54, 1.807) is 23.1 Å². The van der Waals surface area contributed by atoms with Crippen LogP contribution in [0.4, 0.5) is 30.6 Å². The molecule has 0 amide bonds.